The van der Waals surface area contributed by atoms with Gasteiger partial charge in [0.05, 0.1) is 18.8 Å². The molecule has 0 spiro atoms. The van der Waals surface area contributed by atoms with Crippen LogP contribution in [-0.2, 0) is 32.9 Å². The van der Waals surface area contributed by atoms with E-state index in [0.717, 1.165) is 57.8 Å². The molecule has 0 aromatic carbocycles. The van der Waals surface area contributed by atoms with Crippen molar-refractivity contribution in [1.29, 1.82) is 0 Å². The Morgan fingerprint density at radius 1 is 0.709 bits per heavy atom. The summed E-state index contributed by atoms with van der Waals surface area (Å²) in [6, 6.07) is 0. The second kappa shape index (κ2) is 33.4. The number of ketones is 1. The number of esters is 2. The maximum absolute atomic E-state index is 12.5. The lowest BCUT2D eigenvalue weighted by Crippen LogP contribution is -2.29. The number of allylic oxidation sites excluding steroid dienone is 1. The molecule has 0 aromatic rings. The third-order valence-electron chi connectivity index (χ3n) is 10.7. The summed E-state index contributed by atoms with van der Waals surface area (Å²) in [6.07, 6.45) is 29.8. The highest BCUT2D eigenvalue weighted by Crippen LogP contribution is 2.36. The molecule has 1 aliphatic rings. The number of hydrogen-bond acceptors (Lipinski definition) is 9. The van der Waals surface area contributed by atoms with Crippen LogP contribution in [0.25, 0.3) is 0 Å². The SMILES string of the molecule is CCCCCCCCCCCCCCCCCCCC(=O)O[C@H](COC(=O)CCCCCC[C@H]1[C@@H](O)CC(=O)[C@@H]1/C=C/[C@@H](O)CCCCC)COP(=O)(O)O. The van der Waals surface area contributed by atoms with Gasteiger partial charge in [0, 0.05) is 25.2 Å². The zero-order chi connectivity index (χ0) is 40.6. The summed E-state index contributed by atoms with van der Waals surface area (Å²) in [5.41, 5.74) is 0. The molecule has 0 unspecified atom stereocenters. The molecule has 1 fully saturated rings. The van der Waals surface area contributed by atoms with Crippen LogP contribution in [-0.4, -0.2) is 69.2 Å². The van der Waals surface area contributed by atoms with E-state index in [1.807, 2.05) is 0 Å². The summed E-state index contributed by atoms with van der Waals surface area (Å²) in [5, 5.41) is 20.7. The van der Waals surface area contributed by atoms with E-state index < -0.39 is 44.7 Å². The molecule has 1 saturated carbocycles. The van der Waals surface area contributed by atoms with Crippen LogP contribution in [0.1, 0.15) is 200 Å². The molecule has 1 aliphatic carbocycles. The molecule has 5 atom stereocenters. The third kappa shape index (κ3) is 29.3. The molecule has 322 valence electrons. The van der Waals surface area contributed by atoms with Crippen molar-refractivity contribution in [1.82, 2.24) is 0 Å². The number of carbonyl (C=O) groups excluding carboxylic acids is 3. The Morgan fingerprint density at radius 2 is 1.18 bits per heavy atom. The maximum atomic E-state index is 12.5. The molecule has 4 N–H and O–H groups in total. The first-order valence-corrected chi connectivity index (χ1v) is 23.6. The largest absolute Gasteiger partial charge is 0.469 e. The zero-order valence-corrected chi connectivity index (χ0v) is 35.4. The van der Waals surface area contributed by atoms with Gasteiger partial charge < -0.3 is 29.5 Å². The fourth-order valence-electron chi connectivity index (χ4n) is 7.34. The van der Waals surface area contributed by atoms with Gasteiger partial charge in [-0.1, -0.05) is 167 Å². The highest BCUT2D eigenvalue weighted by atomic mass is 31.2. The van der Waals surface area contributed by atoms with Crippen LogP contribution >= 0.6 is 7.82 Å². The molecule has 0 aromatic heterocycles. The summed E-state index contributed by atoms with van der Waals surface area (Å²) in [6.45, 7) is 3.41. The lowest BCUT2D eigenvalue weighted by molar-refractivity contribution is -0.161. The predicted molar refractivity (Wildman–Crippen MR) is 217 cm³/mol. The molecule has 55 heavy (non-hydrogen) atoms. The van der Waals surface area contributed by atoms with E-state index in [9.17, 15) is 29.2 Å². The van der Waals surface area contributed by atoms with Crippen LogP contribution in [0, 0.1) is 11.8 Å². The highest BCUT2D eigenvalue weighted by Gasteiger charge is 2.39. The van der Waals surface area contributed by atoms with E-state index in [4.69, 9.17) is 19.3 Å². The van der Waals surface area contributed by atoms with Crippen molar-refractivity contribution in [2.45, 2.75) is 218 Å². The van der Waals surface area contributed by atoms with Crippen molar-refractivity contribution in [2.24, 2.45) is 11.8 Å². The fraction of sp³-hybridized carbons (Fsp3) is 0.884. The predicted octanol–water partition coefficient (Wildman–Crippen LogP) is 10.00. The third-order valence-corrected chi connectivity index (χ3v) is 11.2. The summed E-state index contributed by atoms with van der Waals surface area (Å²) in [5.74, 6) is -1.60. The second-order valence-electron chi connectivity index (χ2n) is 15.8. The molecule has 0 heterocycles. The Bertz CT molecular complexity index is 1060. The summed E-state index contributed by atoms with van der Waals surface area (Å²) < 4.78 is 26.4. The number of ether oxygens (including phenoxy) is 2. The summed E-state index contributed by atoms with van der Waals surface area (Å²) in [7, 11) is -4.81. The molecule has 0 saturated heterocycles. The molecular weight excluding hydrogens is 723 g/mol. The number of Topliss-reactive ketones (excluding diaryl/α,β-unsaturated/α-hetero) is 1. The van der Waals surface area contributed by atoms with Crippen molar-refractivity contribution >= 4 is 25.5 Å². The average Bonchev–Trinajstić information content (AvgIpc) is 3.41. The first kappa shape index (κ1) is 51.4. The van der Waals surface area contributed by atoms with Gasteiger partial charge in [0.15, 0.2) is 6.10 Å². The van der Waals surface area contributed by atoms with Gasteiger partial charge in [-0.15, -0.1) is 0 Å². The van der Waals surface area contributed by atoms with Gasteiger partial charge in [0.1, 0.15) is 12.4 Å². The molecule has 0 amide bonds. The van der Waals surface area contributed by atoms with Crippen LogP contribution in [0.4, 0.5) is 0 Å². The highest BCUT2D eigenvalue weighted by molar-refractivity contribution is 7.46. The smallest absolute Gasteiger partial charge is 0.462 e. The minimum absolute atomic E-state index is 0.00263. The van der Waals surface area contributed by atoms with Crippen LogP contribution in [0.15, 0.2) is 12.2 Å². The summed E-state index contributed by atoms with van der Waals surface area (Å²) >= 11 is 0. The van der Waals surface area contributed by atoms with E-state index in [-0.39, 0.29) is 43.5 Å². The summed E-state index contributed by atoms with van der Waals surface area (Å²) in [4.78, 5) is 55.6. The number of phosphoric ester groups is 1. The lowest BCUT2D eigenvalue weighted by Gasteiger charge is -2.19. The van der Waals surface area contributed by atoms with Gasteiger partial charge in [-0.2, -0.15) is 0 Å². The Labute approximate surface area is 333 Å². The van der Waals surface area contributed by atoms with Crippen LogP contribution in [0.5, 0.6) is 0 Å². The molecule has 0 aliphatic heterocycles. The van der Waals surface area contributed by atoms with E-state index in [2.05, 4.69) is 18.4 Å². The van der Waals surface area contributed by atoms with Gasteiger partial charge in [-0.25, -0.2) is 4.57 Å². The van der Waals surface area contributed by atoms with Crippen molar-refractivity contribution in [2.75, 3.05) is 13.2 Å². The molecule has 1 rings (SSSR count). The Balaban J connectivity index is 2.22. The molecule has 0 radical (unpaired) electrons. The van der Waals surface area contributed by atoms with Crippen LogP contribution in [0.3, 0.4) is 0 Å². The van der Waals surface area contributed by atoms with Crippen molar-refractivity contribution in [3.8, 4) is 0 Å². The quantitative estimate of drug-likeness (QED) is 0.0203. The van der Waals surface area contributed by atoms with Gasteiger partial charge in [0.25, 0.3) is 0 Å². The second-order valence-corrected chi connectivity index (χ2v) is 17.1. The normalized spacial score (nSPS) is 18.6. The Kier molecular flexibility index (Phi) is 31.2. The van der Waals surface area contributed by atoms with Gasteiger partial charge in [0.2, 0.25) is 0 Å². The first-order valence-electron chi connectivity index (χ1n) is 22.1. The van der Waals surface area contributed by atoms with E-state index >= 15 is 0 Å². The van der Waals surface area contributed by atoms with E-state index in [0.29, 0.717) is 25.7 Å². The average molecular weight is 803 g/mol. The topological polar surface area (TPSA) is 177 Å². The van der Waals surface area contributed by atoms with E-state index in [1.165, 1.54) is 83.5 Å². The number of carbonyl (C=O) groups is 3. The minimum Gasteiger partial charge on any atom is -0.462 e. The molecule has 11 nitrogen and oxygen atoms in total. The number of aliphatic hydroxyl groups is 2. The van der Waals surface area contributed by atoms with Gasteiger partial charge >= 0.3 is 19.8 Å². The van der Waals surface area contributed by atoms with Crippen molar-refractivity contribution < 1.29 is 52.9 Å². The monoisotopic (exact) mass is 803 g/mol. The first-order chi connectivity index (χ1) is 26.5. The fourth-order valence-corrected chi connectivity index (χ4v) is 7.70. The Morgan fingerprint density at radius 3 is 1.71 bits per heavy atom. The van der Waals surface area contributed by atoms with Gasteiger partial charge in [-0.3, -0.25) is 18.9 Å². The van der Waals surface area contributed by atoms with Crippen molar-refractivity contribution in [3.05, 3.63) is 12.2 Å². The number of rotatable bonds is 37. The minimum atomic E-state index is -4.81. The zero-order valence-electron chi connectivity index (χ0n) is 34.6. The lowest BCUT2D eigenvalue weighted by atomic mass is 9.88. The number of hydrogen-bond donors (Lipinski definition) is 4. The number of unbranched alkanes of at least 4 members (excludes halogenated alkanes) is 21. The number of phosphoric acid groups is 1. The van der Waals surface area contributed by atoms with Crippen LogP contribution < -0.4 is 0 Å². The standard InChI is InChI=1S/C43H79O11P/c1-3-5-7-8-9-10-11-12-13-14-15-16-17-18-19-20-26-30-43(48)54-37(35-53-55(49,50)51)34-52-42(47)29-25-22-21-24-28-38-39(41(46)33-40(38)45)32-31-36(44)27-23-6-4-2/h31-32,36-40,44-45H,3-30,33-35H2,1-2H3,(H2,49,50,51)/b32-31+/t36-,37+,38+,39+,40-/m0/s1. The maximum Gasteiger partial charge on any atom is 0.469 e. The molecule has 0 bridgehead atoms. The molecule has 12 heteroatoms. The van der Waals surface area contributed by atoms with E-state index in [1.54, 1.807) is 12.2 Å². The van der Waals surface area contributed by atoms with Crippen LogP contribution in [0.2, 0.25) is 0 Å². The molecular formula is C43H79O11P. The van der Waals surface area contributed by atoms with Gasteiger partial charge in [-0.05, 0) is 31.6 Å². The Hall–Kier alpha value is -1.62. The van der Waals surface area contributed by atoms with Crippen molar-refractivity contribution in [3.63, 3.8) is 0 Å². The number of aliphatic hydroxyl groups excluding tert-OH is 2.